The molecule has 2 heterocycles. The summed E-state index contributed by atoms with van der Waals surface area (Å²) in [5.74, 6) is 1.14. The molecule has 3 rings (SSSR count). The Bertz CT molecular complexity index is 569. The third-order valence-corrected chi connectivity index (χ3v) is 4.07. The van der Waals surface area contributed by atoms with Gasteiger partial charge in [0.05, 0.1) is 5.56 Å². The average molecular weight is 256 g/mol. The van der Waals surface area contributed by atoms with Crippen LogP contribution in [0.4, 0.5) is 0 Å². The number of aryl methyl sites for hydroxylation is 1. The number of fused-ring (bicyclic) bond motifs is 2. The van der Waals surface area contributed by atoms with E-state index in [0.29, 0.717) is 5.75 Å². The summed E-state index contributed by atoms with van der Waals surface area (Å²) in [6.45, 7) is 4.29. The second kappa shape index (κ2) is 4.44. The van der Waals surface area contributed by atoms with Gasteiger partial charge in [-0.25, -0.2) is 0 Å². The van der Waals surface area contributed by atoms with Gasteiger partial charge in [-0.3, -0.25) is 0 Å². The van der Waals surface area contributed by atoms with E-state index in [1.165, 1.54) is 5.57 Å². The lowest BCUT2D eigenvalue weighted by Crippen LogP contribution is -2.31. The summed E-state index contributed by atoms with van der Waals surface area (Å²) in [5, 5.41) is 10.1. The van der Waals surface area contributed by atoms with E-state index in [4.69, 9.17) is 4.74 Å². The second-order valence-electron chi connectivity index (χ2n) is 5.86. The number of aromatic hydroxyl groups is 1. The quantitative estimate of drug-likeness (QED) is 0.704. The SMILES string of the molecule is C/C1=C\CCC2(C)C=Cc3c(O)cc(cc3O2)CC1. The summed E-state index contributed by atoms with van der Waals surface area (Å²) in [4.78, 5) is 0. The molecular weight excluding hydrogens is 236 g/mol. The topological polar surface area (TPSA) is 29.5 Å². The number of hydrogen-bond donors (Lipinski definition) is 1. The van der Waals surface area contributed by atoms with E-state index in [9.17, 15) is 5.11 Å². The maximum atomic E-state index is 10.1. The third-order valence-electron chi connectivity index (χ3n) is 4.07. The molecule has 0 spiro atoms. The van der Waals surface area contributed by atoms with Gasteiger partial charge in [0, 0.05) is 0 Å². The lowest BCUT2D eigenvalue weighted by Gasteiger charge is -2.32. The Kier molecular flexibility index (Phi) is 2.89. The highest BCUT2D eigenvalue weighted by Crippen LogP contribution is 2.39. The molecule has 3 bridgehead atoms. The Morgan fingerprint density at radius 1 is 1.26 bits per heavy atom. The van der Waals surface area contributed by atoms with E-state index in [2.05, 4.69) is 32.1 Å². The van der Waals surface area contributed by atoms with Gasteiger partial charge in [0.2, 0.25) is 0 Å². The zero-order valence-corrected chi connectivity index (χ0v) is 11.6. The van der Waals surface area contributed by atoms with Crippen LogP contribution in [0.25, 0.3) is 6.08 Å². The highest BCUT2D eigenvalue weighted by Gasteiger charge is 2.28. The van der Waals surface area contributed by atoms with Crippen molar-refractivity contribution < 1.29 is 9.84 Å². The van der Waals surface area contributed by atoms with Crippen LogP contribution in [0.15, 0.2) is 29.9 Å². The van der Waals surface area contributed by atoms with Gasteiger partial charge in [0.25, 0.3) is 0 Å². The highest BCUT2D eigenvalue weighted by molar-refractivity contribution is 5.67. The van der Waals surface area contributed by atoms with Crippen LogP contribution in [0.5, 0.6) is 11.5 Å². The summed E-state index contributed by atoms with van der Waals surface area (Å²) < 4.78 is 6.13. The fourth-order valence-electron chi connectivity index (χ4n) is 2.79. The van der Waals surface area contributed by atoms with E-state index < -0.39 is 0 Å². The summed E-state index contributed by atoms with van der Waals surface area (Å²) in [7, 11) is 0. The zero-order valence-electron chi connectivity index (χ0n) is 11.6. The first-order valence-electron chi connectivity index (χ1n) is 6.95. The molecule has 1 atom stereocenters. The minimum atomic E-state index is -0.265. The minimum absolute atomic E-state index is 0.265. The first-order valence-corrected chi connectivity index (χ1v) is 6.95. The summed E-state index contributed by atoms with van der Waals surface area (Å²) in [6, 6.07) is 3.94. The minimum Gasteiger partial charge on any atom is -0.507 e. The van der Waals surface area contributed by atoms with Gasteiger partial charge in [-0.15, -0.1) is 0 Å². The third kappa shape index (κ3) is 2.40. The highest BCUT2D eigenvalue weighted by atomic mass is 16.5. The molecule has 19 heavy (non-hydrogen) atoms. The van der Waals surface area contributed by atoms with E-state index in [1.807, 2.05) is 12.1 Å². The monoisotopic (exact) mass is 256 g/mol. The van der Waals surface area contributed by atoms with Gasteiger partial charge in [-0.05, 0) is 69.4 Å². The van der Waals surface area contributed by atoms with E-state index in [1.54, 1.807) is 0 Å². The molecule has 2 heteroatoms. The smallest absolute Gasteiger partial charge is 0.131 e. The van der Waals surface area contributed by atoms with Crippen LogP contribution >= 0.6 is 0 Å². The number of rotatable bonds is 0. The van der Waals surface area contributed by atoms with E-state index >= 15 is 0 Å². The van der Waals surface area contributed by atoms with E-state index in [-0.39, 0.29) is 5.60 Å². The number of hydrogen-bond acceptors (Lipinski definition) is 2. The van der Waals surface area contributed by atoms with Crippen LogP contribution in [0.1, 0.15) is 44.2 Å². The van der Waals surface area contributed by atoms with Crippen molar-refractivity contribution in [3.05, 3.63) is 41.0 Å². The van der Waals surface area contributed by atoms with Crippen molar-refractivity contribution in [3.63, 3.8) is 0 Å². The molecule has 0 saturated carbocycles. The molecule has 1 aromatic carbocycles. The normalized spacial score (nSPS) is 28.2. The Hall–Kier alpha value is -1.70. The Morgan fingerprint density at radius 2 is 2.11 bits per heavy atom. The first-order chi connectivity index (χ1) is 9.06. The fourth-order valence-corrected chi connectivity index (χ4v) is 2.79. The molecule has 0 fully saturated rings. The maximum absolute atomic E-state index is 10.1. The number of allylic oxidation sites excluding steroid dienone is 2. The van der Waals surface area contributed by atoms with Crippen LogP contribution in [-0.4, -0.2) is 10.7 Å². The average Bonchev–Trinajstić information content (AvgIpc) is 2.35. The summed E-state index contributed by atoms with van der Waals surface area (Å²) in [6.07, 6.45) is 10.4. The molecule has 0 radical (unpaired) electrons. The van der Waals surface area contributed by atoms with E-state index in [0.717, 1.165) is 42.6 Å². The number of phenols is 1. The van der Waals surface area contributed by atoms with Gasteiger partial charge in [0.15, 0.2) is 0 Å². The van der Waals surface area contributed by atoms with Crippen molar-refractivity contribution in [1.82, 2.24) is 0 Å². The van der Waals surface area contributed by atoms with Crippen LogP contribution in [0.3, 0.4) is 0 Å². The van der Waals surface area contributed by atoms with Gasteiger partial charge >= 0.3 is 0 Å². The van der Waals surface area contributed by atoms with Gasteiger partial charge in [-0.1, -0.05) is 11.6 Å². The number of ether oxygens (including phenoxy) is 1. The molecule has 0 saturated heterocycles. The summed E-state index contributed by atoms with van der Waals surface area (Å²) >= 11 is 0. The molecule has 0 amide bonds. The second-order valence-corrected chi connectivity index (χ2v) is 5.86. The van der Waals surface area contributed by atoms with Crippen molar-refractivity contribution in [2.24, 2.45) is 0 Å². The van der Waals surface area contributed by atoms with Crippen molar-refractivity contribution >= 4 is 6.08 Å². The Morgan fingerprint density at radius 3 is 2.95 bits per heavy atom. The predicted molar refractivity (Wildman–Crippen MR) is 77.5 cm³/mol. The van der Waals surface area contributed by atoms with Crippen LogP contribution in [0.2, 0.25) is 0 Å². The molecule has 2 nitrogen and oxygen atoms in total. The fraction of sp³-hybridized carbons (Fsp3) is 0.412. The Balaban J connectivity index is 2.09. The molecule has 1 unspecified atom stereocenters. The molecule has 1 N–H and O–H groups in total. The van der Waals surface area contributed by atoms with Crippen LogP contribution < -0.4 is 4.74 Å². The van der Waals surface area contributed by atoms with Crippen LogP contribution in [-0.2, 0) is 6.42 Å². The largest absolute Gasteiger partial charge is 0.507 e. The van der Waals surface area contributed by atoms with Gasteiger partial charge in [0.1, 0.15) is 17.1 Å². The number of benzene rings is 1. The molecular formula is C17H20O2. The van der Waals surface area contributed by atoms with Crippen molar-refractivity contribution in [1.29, 1.82) is 0 Å². The van der Waals surface area contributed by atoms with Gasteiger partial charge in [-0.2, -0.15) is 0 Å². The molecule has 2 aliphatic rings. The van der Waals surface area contributed by atoms with Crippen molar-refractivity contribution in [2.45, 2.75) is 45.1 Å². The maximum Gasteiger partial charge on any atom is 0.131 e. The lowest BCUT2D eigenvalue weighted by molar-refractivity contribution is 0.128. The standard InChI is InChI=1S/C17H20O2/c1-12-4-3-8-17(2)9-7-14-15(18)10-13(6-5-12)11-16(14)19-17/h4,7,9-11,18H,3,5-6,8H2,1-2H3/b12-4+. The van der Waals surface area contributed by atoms with Crippen molar-refractivity contribution in [3.8, 4) is 11.5 Å². The molecule has 0 aromatic heterocycles. The summed E-state index contributed by atoms with van der Waals surface area (Å²) in [5.41, 5.74) is 3.10. The lowest BCUT2D eigenvalue weighted by atomic mass is 9.94. The van der Waals surface area contributed by atoms with Crippen molar-refractivity contribution in [2.75, 3.05) is 0 Å². The number of phenolic OH excluding ortho intramolecular Hbond substituents is 1. The first kappa shape index (κ1) is 12.3. The predicted octanol–water partition coefficient (Wildman–Crippen LogP) is 4.23. The zero-order chi connectivity index (χ0) is 13.5. The van der Waals surface area contributed by atoms with Gasteiger partial charge < -0.3 is 9.84 Å². The molecule has 2 aliphatic heterocycles. The molecule has 0 aliphatic carbocycles. The molecule has 1 aromatic rings. The molecule has 100 valence electrons. The van der Waals surface area contributed by atoms with Crippen LogP contribution in [0, 0.1) is 0 Å². The Labute approximate surface area is 114 Å².